The Bertz CT molecular complexity index is 1540. The van der Waals surface area contributed by atoms with Crippen molar-refractivity contribution in [3.63, 3.8) is 0 Å². The van der Waals surface area contributed by atoms with Gasteiger partial charge in [-0.1, -0.05) is 52.0 Å². The molecule has 4 rings (SSSR count). The summed E-state index contributed by atoms with van der Waals surface area (Å²) in [7, 11) is 0. The van der Waals surface area contributed by atoms with Crippen molar-refractivity contribution in [1.82, 2.24) is 21.3 Å². The molecule has 5 amide bonds. The number of ether oxygens (including phenoxy) is 1. The van der Waals surface area contributed by atoms with E-state index in [4.69, 9.17) is 4.74 Å². The van der Waals surface area contributed by atoms with E-state index >= 15 is 0 Å². The second-order valence-corrected chi connectivity index (χ2v) is 17.3. The Morgan fingerprint density at radius 3 is 2.18 bits per heavy atom. The molecule has 6 N–H and O–H groups in total. The normalized spacial score (nSPS) is 19.3. The van der Waals surface area contributed by atoms with Crippen LogP contribution in [-0.2, 0) is 16.1 Å². The first kappa shape index (κ1) is 39.2. The quantitative estimate of drug-likeness (QED) is 0.130. The smallest absolute Gasteiger partial charge is 0.315 e. The minimum atomic E-state index is -0.628. The molecule has 274 valence electrons. The number of carbonyl (C=O) groups is 4. The number of carbonyl (C=O) groups excluding carboxylic acids is 4. The number of aliphatic hydroxyl groups is 1. The molecular formula is C38H55N5O6S. The Hall–Kier alpha value is -3.61. The maximum Gasteiger partial charge on any atom is 0.315 e. The van der Waals surface area contributed by atoms with E-state index in [0.29, 0.717) is 38.1 Å². The highest BCUT2D eigenvalue weighted by molar-refractivity contribution is 8.00. The van der Waals surface area contributed by atoms with E-state index in [9.17, 15) is 24.3 Å². The molecule has 2 aliphatic heterocycles. The van der Waals surface area contributed by atoms with Gasteiger partial charge in [-0.15, -0.1) is 0 Å². The van der Waals surface area contributed by atoms with Gasteiger partial charge in [0, 0.05) is 40.8 Å². The van der Waals surface area contributed by atoms with Crippen LogP contribution in [0.5, 0.6) is 0 Å². The Morgan fingerprint density at radius 2 is 1.54 bits per heavy atom. The van der Waals surface area contributed by atoms with Crippen molar-refractivity contribution >= 4 is 41.2 Å². The van der Waals surface area contributed by atoms with Crippen LogP contribution in [0.1, 0.15) is 101 Å². The molecular weight excluding hydrogens is 655 g/mol. The SMILES string of the molecule is CC(C)(CCOC(C)(C)CCNC(=O)C(C)(C)CC(C)(C)C1SCC2NC(=O)NC21)NC(=O)c1ccccc1C(=O)Nc1ccc(CO)cc1. The highest BCUT2D eigenvalue weighted by Crippen LogP contribution is 2.47. The maximum absolute atomic E-state index is 13.4. The molecule has 0 spiro atoms. The summed E-state index contributed by atoms with van der Waals surface area (Å²) < 4.78 is 6.24. The van der Waals surface area contributed by atoms with E-state index in [-0.39, 0.29) is 58.3 Å². The van der Waals surface area contributed by atoms with E-state index < -0.39 is 22.5 Å². The molecule has 2 heterocycles. The number of urea groups is 1. The molecule has 3 atom stereocenters. The molecule has 12 heteroatoms. The number of amides is 5. The molecule has 0 aliphatic carbocycles. The van der Waals surface area contributed by atoms with Gasteiger partial charge in [0.05, 0.1) is 35.4 Å². The van der Waals surface area contributed by atoms with E-state index in [1.165, 1.54) is 0 Å². The van der Waals surface area contributed by atoms with Crippen LogP contribution in [0.4, 0.5) is 10.5 Å². The number of thioether (sulfide) groups is 1. The Balaban J connectivity index is 1.22. The lowest BCUT2D eigenvalue weighted by atomic mass is 9.71. The number of hydrogen-bond acceptors (Lipinski definition) is 7. The predicted molar refractivity (Wildman–Crippen MR) is 198 cm³/mol. The predicted octanol–water partition coefficient (Wildman–Crippen LogP) is 5.24. The van der Waals surface area contributed by atoms with Crippen LogP contribution in [0.3, 0.4) is 0 Å². The number of hydrogen-bond donors (Lipinski definition) is 6. The highest BCUT2D eigenvalue weighted by Gasteiger charge is 2.51. The number of rotatable bonds is 16. The van der Waals surface area contributed by atoms with Crippen LogP contribution >= 0.6 is 11.8 Å². The Kier molecular flexibility index (Phi) is 12.3. The molecule has 3 unspecified atom stereocenters. The third-order valence-corrected chi connectivity index (χ3v) is 11.4. The van der Waals surface area contributed by atoms with Gasteiger partial charge in [0.25, 0.3) is 11.8 Å². The fraction of sp³-hybridized carbons (Fsp3) is 0.579. The van der Waals surface area contributed by atoms with Crippen LogP contribution in [0.15, 0.2) is 48.5 Å². The molecule has 11 nitrogen and oxygen atoms in total. The second-order valence-electron chi connectivity index (χ2n) is 16.1. The summed E-state index contributed by atoms with van der Waals surface area (Å²) in [5, 5.41) is 24.5. The molecule has 0 aromatic heterocycles. The topological polar surface area (TPSA) is 158 Å². The van der Waals surface area contributed by atoms with Crippen molar-refractivity contribution in [2.45, 2.75) is 110 Å². The minimum absolute atomic E-state index is 0.00748. The summed E-state index contributed by atoms with van der Waals surface area (Å²) >= 11 is 1.86. The molecule has 2 fully saturated rings. The number of nitrogens with one attached hydrogen (secondary N) is 5. The lowest BCUT2D eigenvalue weighted by Crippen LogP contribution is -2.48. The fourth-order valence-electron chi connectivity index (χ4n) is 6.91. The monoisotopic (exact) mass is 709 g/mol. The van der Waals surface area contributed by atoms with Gasteiger partial charge in [-0.3, -0.25) is 14.4 Å². The molecule has 0 bridgehead atoms. The fourth-order valence-corrected chi connectivity index (χ4v) is 8.61. The van der Waals surface area contributed by atoms with Crippen molar-refractivity contribution in [3.8, 4) is 0 Å². The largest absolute Gasteiger partial charge is 0.392 e. The molecule has 50 heavy (non-hydrogen) atoms. The zero-order valence-electron chi connectivity index (χ0n) is 30.7. The van der Waals surface area contributed by atoms with Gasteiger partial charge >= 0.3 is 6.03 Å². The van der Waals surface area contributed by atoms with Crippen molar-refractivity contribution in [2.75, 3.05) is 24.2 Å². The third-order valence-electron chi connectivity index (χ3n) is 9.61. The van der Waals surface area contributed by atoms with Crippen LogP contribution in [0, 0.1) is 10.8 Å². The van der Waals surface area contributed by atoms with Gasteiger partial charge in [0.1, 0.15) is 0 Å². The average Bonchev–Trinajstić information content (AvgIpc) is 3.59. The standard InChI is InChI=1S/C38H55N5O6S/c1-35(2,30-29-28(22-50-30)41-34(48)42-29)23-36(3,4)33(47)39-19-17-38(7,8)49-20-18-37(5,6)43-32(46)27-12-10-9-11-26(27)31(45)40-25-15-13-24(21-44)14-16-25/h9-16,28-30,44H,17-23H2,1-8H3,(H,39,47)(H,40,45)(H,43,46)(H2,41,42,48). The summed E-state index contributed by atoms with van der Waals surface area (Å²) in [6, 6.07) is 13.6. The Morgan fingerprint density at radius 1 is 0.900 bits per heavy atom. The summed E-state index contributed by atoms with van der Waals surface area (Å²) in [5.41, 5.74) is -0.0989. The average molecular weight is 710 g/mol. The number of anilines is 1. The van der Waals surface area contributed by atoms with Crippen LogP contribution in [0.2, 0.25) is 0 Å². The highest BCUT2D eigenvalue weighted by atomic mass is 32.2. The van der Waals surface area contributed by atoms with Gasteiger partial charge in [-0.05, 0) is 82.2 Å². The van der Waals surface area contributed by atoms with Gasteiger partial charge in [-0.25, -0.2) is 4.79 Å². The molecule has 2 aromatic carbocycles. The van der Waals surface area contributed by atoms with Crippen LogP contribution in [-0.4, -0.2) is 76.2 Å². The number of fused-ring (bicyclic) bond motifs is 1. The van der Waals surface area contributed by atoms with Gasteiger partial charge in [-0.2, -0.15) is 11.8 Å². The minimum Gasteiger partial charge on any atom is -0.392 e. The first-order valence-electron chi connectivity index (χ1n) is 17.4. The van der Waals surface area contributed by atoms with Gasteiger partial charge in [0.15, 0.2) is 0 Å². The van der Waals surface area contributed by atoms with Gasteiger partial charge in [0.2, 0.25) is 5.91 Å². The van der Waals surface area contributed by atoms with Gasteiger partial charge < -0.3 is 36.4 Å². The zero-order chi connectivity index (χ0) is 36.9. The molecule has 2 aliphatic rings. The maximum atomic E-state index is 13.4. The zero-order valence-corrected chi connectivity index (χ0v) is 31.5. The van der Waals surface area contributed by atoms with E-state index in [1.54, 1.807) is 48.5 Å². The first-order chi connectivity index (χ1) is 23.3. The third kappa shape index (κ3) is 10.2. The van der Waals surface area contributed by atoms with Crippen LogP contribution in [0.25, 0.3) is 0 Å². The van der Waals surface area contributed by atoms with E-state index in [0.717, 1.165) is 11.3 Å². The molecule has 2 saturated heterocycles. The lowest BCUT2D eigenvalue weighted by molar-refractivity contribution is -0.131. The molecule has 0 saturated carbocycles. The summed E-state index contributed by atoms with van der Waals surface area (Å²) in [6.07, 6.45) is 1.81. The van der Waals surface area contributed by atoms with E-state index in [2.05, 4.69) is 40.4 Å². The van der Waals surface area contributed by atoms with Crippen molar-refractivity contribution in [3.05, 3.63) is 65.2 Å². The molecule has 2 aromatic rings. The van der Waals surface area contributed by atoms with Crippen LogP contribution < -0.4 is 26.6 Å². The summed E-state index contributed by atoms with van der Waals surface area (Å²) in [6.45, 7) is 16.9. The van der Waals surface area contributed by atoms with Crippen molar-refractivity contribution in [2.24, 2.45) is 10.8 Å². The second kappa shape index (κ2) is 15.7. The van der Waals surface area contributed by atoms with Crippen molar-refractivity contribution < 1.29 is 29.0 Å². The summed E-state index contributed by atoms with van der Waals surface area (Å²) in [4.78, 5) is 51.7. The number of aliphatic hydroxyl groups excluding tert-OH is 1. The van der Waals surface area contributed by atoms with Crippen molar-refractivity contribution in [1.29, 1.82) is 0 Å². The lowest BCUT2D eigenvalue weighted by Gasteiger charge is -2.40. The Labute approximate surface area is 300 Å². The molecule has 0 radical (unpaired) electrons. The van der Waals surface area contributed by atoms with E-state index in [1.807, 2.05) is 53.3 Å². The number of benzene rings is 2. The first-order valence-corrected chi connectivity index (χ1v) is 18.4. The summed E-state index contributed by atoms with van der Waals surface area (Å²) in [5.74, 6) is 0.100.